The summed E-state index contributed by atoms with van der Waals surface area (Å²) in [6.45, 7) is 0.615. The molecule has 3 aromatic rings. The van der Waals surface area contributed by atoms with Crippen molar-refractivity contribution in [2.75, 3.05) is 6.54 Å². The molecule has 5 heteroatoms. The van der Waals surface area contributed by atoms with E-state index in [1.54, 1.807) is 12.4 Å². The van der Waals surface area contributed by atoms with E-state index in [0.29, 0.717) is 6.54 Å². The molecule has 1 aromatic carbocycles. The fourth-order valence-corrected chi connectivity index (χ4v) is 3.64. The number of hydrogen-bond donors (Lipinski definition) is 1. The van der Waals surface area contributed by atoms with E-state index in [1.165, 1.54) is 16.9 Å². The summed E-state index contributed by atoms with van der Waals surface area (Å²) in [5.41, 5.74) is 2.27. The molecular formula is C18H15BrN2OS. The lowest BCUT2D eigenvalue weighted by atomic mass is 10.1. The molecule has 1 amide bonds. The summed E-state index contributed by atoms with van der Waals surface area (Å²) in [6, 6.07) is 15.8. The second-order valence-corrected chi connectivity index (χ2v) is 6.94. The molecule has 0 bridgehead atoms. The molecule has 3 rings (SSSR count). The fraction of sp³-hybridized carbons (Fsp3) is 0.111. The van der Waals surface area contributed by atoms with Crippen LogP contribution in [0.15, 0.2) is 65.4 Å². The Bertz CT molecular complexity index is 802. The van der Waals surface area contributed by atoms with Crippen LogP contribution in [0.4, 0.5) is 0 Å². The van der Waals surface area contributed by atoms with Gasteiger partial charge in [-0.1, -0.05) is 34.1 Å². The van der Waals surface area contributed by atoms with Crippen LogP contribution in [0.3, 0.4) is 0 Å². The van der Waals surface area contributed by atoms with Crippen molar-refractivity contribution in [2.45, 2.75) is 6.42 Å². The molecule has 0 radical (unpaired) electrons. The average molecular weight is 387 g/mol. The second kappa shape index (κ2) is 7.53. The van der Waals surface area contributed by atoms with Gasteiger partial charge in [0.25, 0.3) is 5.91 Å². The minimum Gasteiger partial charge on any atom is -0.351 e. The number of carbonyl (C=O) groups excluding carboxylic acids is 1. The van der Waals surface area contributed by atoms with Crippen LogP contribution in [0, 0.1) is 0 Å². The minimum atomic E-state index is -0.0256. The standard InChI is InChI=1S/C18H15BrN2OS/c19-15-4-2-1-3-13(15)9-12-21-18(22)17-6-5-16(23-17)14-7-10-20-11-8-14/h1-8,10-11H,9,12H2,(H,21,22). The molecule has 0 spiro atoms. The highest BCUT2D eigenvalue weighted by atomic mass is 79.9. The molecule has 2 aromatic heterocycles. The highest BCUT2D eigenvalue weighted by Gasteiger charge is 2.10. The first-order valence-corrected chi connectivity index (χ1v) is 8.87. The van der Waals surface area contributed by atoms with E-state index in [-0.39, 0.29) is 5.91 Å². The highest BCUT2D eigenvalue weighted by Crippen LogP contribution is 2.27. The first-order valence-electron chi connectivity index (χ1n) is 7.26. The van der Waals surface area contributed by atoms with Crippen LogP contribution in [0.2, 0.25) is 0 Å². The van der Waals surface area contributed by atoms with Gasteiger partial charge in [0, 0.05) is 28.3 Å². The summed E-state index contributed by atoms with van der Waals surface area (Å²) in [6.07, 6.45) is 4.31. The molecule has 1 N–H and O–H groups in total. The molecular weight excluding hydrogens is 372 g/mol. The number of rotatable bonds is 5. The smallest absolute Gasteiger partial charge is 0.261 e. The summed E-state index contributed by atoms with van der Waals surface area (Å²) >= 11 is 5.02. The zero-order chi connectivity index (χ0) is 16.1. The molecule has 0 aliphatic rings. The van der Waals surface area contributed by atoms with E-state index >= 15 is 0 Å². The molecule has 0 saturated heterocycles. The van der Waals surface area contributed by atoms with Crippen LogP contribution >= 0.6 is 27.3 Å². The number of thiophene rings is 1. The van der Waals surface area contributed by atoms with Gasteiger partial charge in [-0.25, -0.2) is 0 Å². The lowest BCUT2D eigenvalue weighted by Gasteiger charge is -2.05. The predicted molar refractivity (Wildman–Crippen MR) is 97.7 cm³/mol. The highest BCUT2D eigenvalue weighted by molar-refractivity contribution is 9.10. The molecule has 0 saturated carbocycles. The van der Waals surface area contributed by atoms with Crippen molar-refractivity contribution in [3.05, 3.63) is 75.8 Å². The van der Waals surface area contributed by atoms with Crippen molar-refractivity contribution < 1.29 is 4.79 Å². The first kappa shape index (κ1) is 15.9. The molecule has 0 atom stereocenters. The number of carbonyl (C=O) groups is 1. The summed E-state index contributed by atoms with van der Waals surface area (Å²) in [7, 11) is 0. The van der Waals surface area contributed by atoms with Gasteiger partial charge >= 0.3 is 0 Å². The molecule has 0 fully saturated rings. The van der Waals surface area contributed by atoms with Crippen LogP contribution in [-0.2, 0) is 6.42 Å². The summed E-state index contributed by atoms with van der Waals surface area (Å²) < 4.78 is 1.07. The molecule has 116 valence electrons. The maximum absolute atomic E-state index is 12.2. The van der Waals surface area contributed by atoms with Crippen LogP contribution in [0.5, 0.6) is 0 Å². The summed E-state index contributed by atoms with van der Waals surface area (Å²) in [4.78, 5) is 18.0. The van der Waals surface area contributed by atoms with Gasteiger partial charge in [-0.2, -0.15) is 0 Å². The maximum Gasteiger partial charge on any atom is 0.261 e. The van der Waals surface area contributed by atoms with Gasteiger partial charge in [0.15, 0.2) is 0 Å². The number of pyridine rings is 1. The van der Waals surface area contributed by atoms with Crippen molar-refractivity contribution in [1.82, 2.24) is 10.3 Å². The zero-order valence-electron chi connectivity index (χ0n) is 12.3. The van der Waals surface area contributed by atoms with E-state index in [4.69, 9.17) is 0 Å². The summed E-state index contributed by atoms with van der Waals surface area (Å²) in [5.74, 6) is -0.0256. The lowest BCUT2D eigenvalue weighted by molar-refractivity contribution is 0.0958. The van der Waals surface area contributed by atoms with Crippen LogP contribution in [0.25, 0.3) is 10.4 Å². The van der Waals surface area contributed by atoms with Crippen molar-refractivity contribution in [3.63, 3.8) is 0 Å². The molecule has 23 heavy (non-hydrogen) atoms. The van der Waals surface area contributed by atoms with Crippen molar-refractivity contribution >= 4 is 33.2 Å². The molecule has 2 heterocycles. The van der Waals surface area contributed by atoms with Gasteiger partial charge in [0.1, 0.15) is 0 Å². The number of benzene rings is 1. The van der Waals surface area contributed by atoms with Gasteiger partial charge in [0.05, 0.1) is 4.88 Å². The van der Waals surface area contributed by atoms with Crippen LogP contribution in [0.1, 0.15) is 15.2 Å². The molecule has 3 nitrogen and oxygen atoms in total. The Morgan fingerprint density at radius 2 is 1.87 bits per heavy atom. The first-order chi connectivity index (χ1) is 11.2. The monoisotopic (exact) mass is 386 g/mol. The van der Waals surface area contributed by atoms with Gasteiger partial charge in [-0.3, -0.25) is 9.78 Å². The summed E-state index contributed by atoms with van der Waals surface area (Å²) in [5, 5.41) is 2.98. The molecule has 0 unspecified atom stereocenters. The third-order valence-corrected chi connectivity index (χ3v) is 5.34. The number of nitrogens with zero attached hydrogens (tertiary/aromatic N) is 1. The van der Waals surface area contributed by atoms with Gasteiger partial charge in [-0.15, -0.1) is 11.3 Å². The van der Waals surface area contributed by atoms with Gasteiger partial charge < -0.3 is 5.32 Å². The Morgan fingerprint density at radius 3 is 2.65 bits per heavy atom. The van der Waals surface area contributed by atoms with E-state index < -0.39 is 0 Å². The molecule has 0 aliphatic heterocycles. The number of halogens is 1. The number of hydrogen-bond acceptors (Lipinski definition) is 3. The SMILES string of the molecule is O=C(NCCc1ccccc1Br)c1ccc(-c2ccncc2)s1. The third kappa shape index (κ3) is 4.06. The molecule has 0 aliphatic carbocycles. The Balaban J connectivity index is 1.59. The van der Waals surface area contributed by atoms with Gasteiger partial charge in [0.2, 0.25) is 0 Å². The van der Waals surface area contributed by atoms with Crippen LogP contribution in [-0.4, -0.2) is 17.4 Å². The number of aromatic nitrogens is 1. The Labute approximate surface area is 147 Å². The third-order valence-electron chi connectivity index (χ3n) is 3.43. The maximum atomic E-state index is 12.2. The predicted octanol–water partition coefficient (Wildman–Crippen LogP) is 4.55. The van der Waals surface area contributed by atoms with Crippen molar-refractivity contribution in [1.29, 1.82) is 0 Å². The van der Waals surface area contributed by atoms with E-state index in [2.05, 4.69) is 32.3 Å². The van der Waals surface area contributed by atoms with Gasteiger partial charge in [-0.05, 0) is 47.9 Å². The Hall–Kier alpha value is -1.98. The van der Waals surface area contributed by atoms with E-state index in [0.717, 1.165) is 26.2 Å². The largest absolute Gasteiger partial charge is 0.351 e. The van der Waals surface area contributed by atoms with E-state index in [1.807, 2.05) is 42.5 Å². The lowest BCUT2D eigenvalue weighted by Crippen LogP contribution is -2.24. The van der Waals surface area contributed by atoms with Crippen molar-refractivity contribution in [3.8, 4) is 10.4 Å². The zero-order valence-corrected chi connectivity index (χ0v) is 14.7. The normalized spacial score (nSPS) is 10.5. The minimum absolute atomic E-state index is 0.0256. The fourth-order valence-electron chi connectivity index (χ4n) is 2.23. The van der Waals surface area contributed by atoms with Crippen molar-refractivity contribution in [2.24, 2.45) is 0 Å². The van der Waals surface area contributed by atoms with Crippen LogP contribution < -0.4 is 5.32 Å². The topological polar surface area (TPSA) is 42.0 Å². The second-order valence-electron chi connectivity index (χ2n) is 5.00. The average Bonchev–Trinajstić information content (AvgIpc) is 3.07. The number of amides is 1. The Morgan fingerprint density at radius 1 is 1.09 bits per heavy atom. The Kier molecular flexibility index (Phi) is 5.20. The van der Waals surface area contributed by atoms with E-state index in [9.17, 15) is 4.79 Å². The number of nitrogens with one attached hydrogen (secondary N) is 1. The quantitative estimate of drug-likeness (QED) is 0.698.